The van der Waals surface area contributed by atoms with E-state index in [0.717, 1.165) is 16.2 Å². The summed E-state index contributed by atoms with van der Waals surface area (Å²) in [5.41, 5.74) is 0.425. The molecule has 0 saturated carbocycles. The van der Waals surface area contributed by atoms with Crippen LogP contribution in [0.25, 0.3) is 32.5 Å². The van der Waals surface area contributed by atoms with Gasteiger partial charge in [0.05, 0.1) is 5.39 Å². The quantitative estimate of drug-likeness (QED) is 0.474. The maximum Gasteiger partial charge on any atom is 0.288 e. The minimum Gasteiger partial charge on any atom is -0.378 e. The Labute approximate surface area is 102 Å². The predicted molar refractivity (Wildman–Crippen MR) is 71.8 cm³/mol. The molecule has 0 aliphatic rings. The predicted octanol–water partition coefficient (Wildman–Crippen LogP) is 3.43. The van der Waals surface area contributed by atoms with Gasteiger partial charge >= 0.3 is 0 Å². The van der Waals surface area contributed by atoms with Crippen molar-refractivity contribution < 1.29 is 4.52 Å². The first-order valence-electron chi connectivity index (χ1n) is 5.76. The van der Waals surface area contributed by atoms with E-state index in [-0.39, 0.29) is 5.56 Å². The van der Waals surface area contributed by atoms with E-state index in [2.05, 4.69) is 17.3 Å². The Bertz CT molecular complexity index is 947. The molecule has 0 saturated heterocycles. The maximum atomic E-state index is 11.8. The normalized spacial score (nSPS) is 11.6. The van der Waals surface area contributed by atoms with E-state index in [1.165, 1.54) is 5.39 Å². The van der Waals surface area contributed by atoms with Gasteiger partial charge in [0.1, 0.15) is 0 Å². The van der Waals surface area contributed by atoms with E-state index in [1.54, 1.807) is 0 Å². The van der Waals surface area contributed by atoms with Gasteiger partial charge in [0.25, 0.3) is 5.56 Å². The smallest absolute Gasteiger partial charge is 0.288 e. The van der Waals surface area contributed by atoms with Crippen LogP contribution >= 0.6 is 0 Å². The van der Waals surface area contributed by atoms with Crippen molar-refractivity contribution in [3.8, 4) is 0 Å². The van der Waals surface area contributed by atoms with Gasteiger partial charge in [0, 0.05) is 0 Å². The first-order valence-corrected chi connectivity index (χ1v) is 5.76. The zero-order valence-corrected chi connectivity index (χ0v) is 9.44. The fraction of sp³-hybridized carbons (Fsp3) is 0. The number of aromatic amines is 1. The maximum absolute atomic E-state index is 11.8. The second kappa shape index (κ2) is 3.23. The number of H-pyrrole nitrogens is 1. The lowest BCUT2D eigenvalue weighted by atomic mass is 10.0. The Morgan fingerprint density at radius 1 is 0.889 bits per heavy atom. The third-order valence-corrected chi connectivity index (χ3v) is 3.33. The number of hydrogen-bond donors (Lipinski definition) is 1. The number of hydrogen-bond acceptors (Lipinski definition) is 2. The lowest BCUT2D eigenvalue weighted by Gasteiger charge is -2.02. The van der Waals surface area contributed by atoms with Crippen LogP contribution in [0.2, 0.25) is 0 Å². The van der Waals surface area contributed by atoms with Crippen LogP contribution in [0, 0.1) is 0 Å². The molecular formula is C15H9NO2. The van der Waals surface area contributed by atoms with Crippen LogP contribution in [0.15, 0.2) is 57.8 Å². The highest BCUT2D eigenvalue weighted by Crippen LogP contribution is 2.27. The number of aromatic nitrogens is 1. The summed E-state index contributed by atoms with van der Waals surface area (Å²) in [6, 6.07) is 16.0. The lowest BCUT2D eigenvalue weighted by molar-refractivity contribution is 0.449. The Kier molecular flexibility index (Phi) is 1.70. The molecule has 0 amide bonds. The topological polar surface area (TPSA) is 46.0 Å². The van der Waals surface area contributed by atoms with E-state index >= 15 is 0 Å². The van der Waals surface area contributed by atoms with Crippen molar-refractivity contribution in [3.63, 3.8) is 0 Å². The summed E-state index contributed by atoms with van der Waals surface area (Å²) < 4.78 is 5.13. The van der Waals surface area contributed by atoms with Crippen LogP contribution in [0.5, 0.6) is 0 Å². The fourth-order valence-corrected chi connectivity index (χ4v) is 2.47. The highest BCUT2D eigenvalue weighted by Gasteiger charge is 2.08. The SMILES string of the molecule is O=c1[nH]oc2ccc3cc4ccccc4cc3c12. The summed E-state index contributed by atoms with van der Waals surface area (Å²) in [5.74, 6) is 0. The Hall–Kier alpha value is -2.55. The van der Waals surface area contributed by atoms with Crippen molar-refractivity contribution in [1.29, 1.82) is 0 Å². The number of nitrogens with one attached hydrogen (secondary N) is 1. The van der Waals surface area contributed by atoms with Crippen molar-refractivity contribution in [2.24, 2.45) is 0 Å². The highest BCUT2D eigenvalue weighted by atomic mass is 16.5. The molecular weight excluding hydrogens is 226 g/mol. The van der Waals surface area contributed by atoms with E-state index in [9.17, 15) is 4.79 Å². The molecule has 0 bridgehead atoms. The van der Waals surface area contributed by atoms with Crippen LogP contribution < -0.4 is 5.56 Å². The van der Waals surface area contributed by atoms with Gasteiger partial charge in [-0.3, -0.25) is 4.79 Å². The zero-order chi connectivity index (χ0) is 12.1. The molecule has 1 N–H and O–H groups in total. The van der Waals surface area contributed by atoms with E-state index < -0.39 is 0 Å². The monoisotopic (exact) mass is 235 g/mol. The molecule has 1 heterocycles. The molecule has 1 aromatic heterocycles. The van der Waals surface area contributed by atoms with E-state index in [1.807, 2.05) is 36.4 Å². The minimum atomic E-state index is -0.175. The molecule has 3 nitrogen and oxygen atoms in total. The lowest BCUT2D eigenvalue weighted by Crippen LogP contribution is -1.97. The first-order chi connectivity index (χ1) is 8.83. The summed E-state index contributed by atoms with van der Waals surface area (Å²) in [4.78, 5) is 11.8. The van der Waals surface area contributed by atoms with Crippen molar-refractivity contribution in [2.75, 3.05) is 0 Å². The van der Waals surface area contributed by atoms with Crippen molar-refractivity contribution in [2.45, 2.75) is 0 Å². The zero-order valence-electron chi connectivity index (χ0n) is 9.44. The Balaban J connectivity index is 2.33. The van der Waals surface area contributed by atoms with Gasteiger partial charge in [-0.25, -0.2) is 0 Å². The van der Waals surface area contributed by atoms with Crippen molar-refractivity contribution in [3.05, 3.63) is 58.9 Å². The molecule has 3 aromatic carbocycles. The minimum absolute atomic E-state index is 0.175. The van der Waals surface area contributed by atoms with Gasteiger partial charge in [-0.2, -0.15) is 5.16 Å². The molecule has 4 rings (SSSR count). The molecule has 0 aliphatic carbocycles. The molecule has 0 radical (unpaired) electrons. The molecule has 4 aromatic rings. The average molecular weight is 235 g/mol. The van der Waals surface area contributed by atoms with Crippen LogP contribution in [-0.4, -0.2) is 5.16 Å². The molecule has 0 aliphatic heterocycles. The van der Waals surface area contributed by atoms with Gasteiger partial charge in [-0.1, -0.05) is 30.3 Å². The molecule has 18 heavy (non-hydrogen) atoms. The molecule has 0 atom stereocenters. The van der Waals surface area contributed by atoms with Gasteiger partial charge < -0.3 is 4.52 Å². The first kappa shape index (κ1) is 9.48. The number of benzene rings is 3. The summed E-state index contributed by atoms with van der Waals surface area (Å²) in [6.07, 6.45) is 0. The molecule has 3 heteroatoms. The standard InChI is InChI=1S/C15H9NO2/c17-15-14-12-8-10-4-2-1-3-9(10)7-11(12)5-6-13(14)18-16-15/h1-8H,(H,16,17). The fourth-order valence-electron chi connectivity index (χ4n) is 2.47. The Morgan fingerprint density at radius 3 is 2.50 bits per heavy atom. The Morgan fingerprint density at radius 2 is 1.67 bits per heavy atom. The summed E-state index contributed by atoms with van der Waals surface area (Å²) in [6.45, 7) is 0. The van der Waals surface area contributed by atoms with Gasteiger partial charge in [-0.15, -0.1) is 0 Å². The van der Waals surface area contributed by atoms with Crippen LogP contribution in [0.1, 0.15) is 0 Å². The van der Waals surface area contributed by atoms with E-state index in [4.69, 9.17) is 4.52 Å². The van der Waals surface area contributed by atoms with Gasteiger partial charge in [0.15, 0.2) is 5.58 Å². The van der Waals surface area contributed by atoms with E-state index in [0.29, 0.717) is 11.0 Å². The molecule has 86 valence electrons. The second-order valence-electron chi connectivity index (χ2n) is 4.39. The average Bonchev–Trinajstić information content (AvgIpc) is 2.78. The van der Waals surface area contributed by atoms with Crippen LogP contribution in [0.4, 0.5) is 0 Å². The number of fused-ring (bicyclic) bond motifs is 4. The summed E-state index contributed by atoms with van der Waals surface area (Å²) in [7, 11) is 0. The third-order valence-electron chi connectivity index (χ3n) is 3.33. The highest BCUT2D eigenvalue weighted by molar-refractivity contribution is 6.10. The van der Waals surface area contributed by atoms with Crippen LogP contribution in [-0.2, 0) is 0 Å². The molecule has 0 spiro atoms. The molecule has 0 fully saturated rings. The largest absolute Gasteiger partial charge is 0.378 e. The second-order valence-corrected chi connectivity index (χ2v) is 4.39. The van der Waals surface area contributed by atoms with Crippen molar-refractivity contribution >= 4 is 32.5 Å². The van der Waals surface area contributed by atoms with Gasteiger partial charge in [0.2, 0.25) is 0 Å². The summed E-state index contributed by atoms with van der Waals surface area (Å²) >= 11 is 0. The summed E-state index contributed by atoms with van der Waals surface area (Å²) in [5, 5.41) is 7.28. The number of rotatable bonds is 0. The van der Waals surface area contributed by atoms with Gasteiger partial charge in [-0.05, 0) is 39.7 Å². The third kappa shape index (κ3) is 1.16. The molecule has 0 unspecified atom stereocenters. The van der Waals surface area contributed by atoms with Crippen LogP contribution in [0.3, 0.4) is 0 Å². The van der Waals surface area contributed by atoms with Crippen molar-refractivity contribution in [1.82, 2.24) is 5.16 Å².